The van der Waals surface area contributed by atoms with Gasteiger partial charge in [-0.05, 0) is 74.2 Å². The molecule has 2 N–H and O–H groups in total. The summed E-state index contributed by atoms with van der Waals surface area (Å²) >= 11 is 0. The van der Waals surface area contributed by atoms with Gasteiger partial charge in [0, 0.05) is 13.1 Å². The van der Waals surface area contributed by atoms with Crippen LogP contribution in [-0.2, 0) is 19.1 Å². The van der Waals surface area contributed by atoms with E-state index in [9.17, 15) is 19.2 Å². The molecule has 2 amide bonds. The molecular weight excluding hydrogens is 412 g/mol. The zero-order chi connectivity index (χ0) is 23.7. The van der Waals surface area contributed by atoms with Crippen molar-refractivity contribution in [2.75, 3.05) is 26.3 Å². The molecule has 0 unspecified atom stereocenters. The van der Waals surface area contributed by atoms with Crippen molar-refractivity contribution < 1.29 is 28.7 Å². The van der Waals surface area contributed by atoms with Crippen LogP contribution >= 0.6 is 0 Å². The van der Waals surface area contributed by atoms with Crippen molar-refractivity contribution in [2.45, 2.75) is 27.7 Å². The van der Waals surface area contributed by atoms with E-state index in [1.54, 1.807) is 24.3 Å². The Morgan fingerprint density at radius 3 is 1.34 bits per heavy atom. The van der Waals surface area contributed by atoms with Gasteiger partial charge in [-0.2, -0.15) is 0 Å². The fourth-order valence-corrected chi connectivity index (χ4v) is 2.67. The van der Waals surface area contributed by atoms with Gasteiger partial charge >= 0.3 is 11.9 Å². The molecule has 32 heavy (non-hydrogen) atoms. The maximum Gasteiger partial charge on any atom is 0.338 e. The van der Waals surface area contributed by atoms with Crippen molar-refractivity contribution in [1.82, 2.24) is 10.6 Å². The van der Waals surface area contributed by atoms with E-state index in [2.05, 4.69) is 10.6 Å². The fraction of sp³-hybridized carbons (Fsp3) is 0.333. The topological polar surface area (TPSA) is 111 Å². The molecule has 8 heteroatoms. The van der Waals surface area contributed by atoms with Gasteiger partial charge in [0.05, 0.1) is 11.1 Å². The van der Waals surface area contributed by atoms with Gasteiger partial charge in [-0.15, -0.1) is 0 Å². The Morgan fingerprint density at radius 1 is 0.625 bits per heavy atom. The molecule has 0 bridgehead atoms. The molecule has 0 aromatic heterocycles. The molecule has 0 fully saturated rings. The van der Waals surface area contributed by atoms with Crippen LogP contribution in [0, 0.1) is 27.7 Å². The van der Waals surface area contributed by atoms with Gasteiger partial charge < -0.3 is 20.1 Å². The number of nitrogens with one attached hydrogen (secondary N) is 2. The first-order valence-corrected chi connectivity index (χ1v) is 10.2. The van der Waals surface area contributed by atoms with Crippen molar-refractivity contribution in [3.05, 3.63) is 69.8 Å². The molecule has 2 rings (SSSR count). The molecule has 0 atom stereocenters. The lowest BCUT2D eigenvalue weighted by molar-refractivity contribution is -0.125. The summed E-state index contributed by atoms with van der Waals surface area (Å²) in [5.74, 6) is -2.14. The third-order valence-electron chi connectivity index (χ3n) is 4.92. The number of esters is 2. The minimum Gasteiger partial charge on any atom is -0.452 e. The predicted molar refractivity (Wildman–Crippen MR) is 118 cm³/mol. The van der Waals surface area contributed by atoms with Gasteiger partial charge in [-0.3, -0.25) is 9.59 Å². The van der Waals surface area contributed by atoms with E-state index in [-0.39, 0.29) is 13.1 Å². The third kappa shape index (κ3) is 7.54. The predicted octanol–water partition coefficient (Wildman–Crippen LogP) is 2.17. The van der Waals surface area contributed by atoms with Gasteiger partial charge in [-0.1, -0.05) is 12.1 Å². The normalized spacial score (nSPS) is 10.2. The molecular formula is C24H28N2O6. The first-order valence-electron chi connectivity index (χ1n) is 10.2. The summed E-state index contributed by atoms with van der Waals surface area (Å²) in [5.41, 5.74) is 4.79. The third-order valence-corrected chi connectivity index (χ3v) is 4.92. The number of aryl methyl sites for hydroxylation is 4. The molecule has 2 aromatic carbocycles. The average molecular weight is 440 g/mol. The van der Waals surface area contributed by atoms with Crippen LogP contribution in [0.2, 0.25) is 0 Å². The van der Waals surface area contributed by atoms with Crippen LogP contribution in [-0.4, -0.2) is 50.1 Å². The molecule has 0 spiro atoms. The highest BCUT2D eigenvalue weighted by molar-refractivity contribution is 5.92. The van der Waals surface area contributed by atoms with E-state index < -0.39 is 37.0 Å². The van der Waals surface area contributed by atoms with Crippen molar-refractivity contribution in [3.8, 4) is 0 Å². The van der Waals surface area contributed by atoms with Crippen molar-refractivity contribution >= 4 is 23.8 Å². The largest absolute Gasteiger partial charge is 0.452 e. The lowest BCUT2D eigenvalue weighted by atomic mass is 10.1. The highest BCUT2D eigenvalue weighted by Gasteiger charge is 2.12. The van der Waals surface area contributed by atoms with Crippen LogP contribution in [0.1, 0.15) is 43.0 Å². The molecule has 0 heterocycles. The second kappa shape index (κ2) is 11.6. The van der Waals surface area contributed by atoms with Crippen LogP contribution in [0.25, 0.3) is 0 Å². The zero-order valence-electron chi connectivity index (χ0n) is 18.7. The Labute approximate surface area is 187 Å². The molecule has 170 valence electrons. The number of carbonyl (C=O) groups excluding carboxylic acids is 4. The summed E-state index contributed by atoms with van der Waals surface area (Å²) < 4.78 is 9.98. The molecule has 0 aliphatic carbocycles. The zero-order valence-corrected chi connectivity index (χ0v) is 18.7. The smallest absolute Gasteiger partial charge is 0.338 e. The number of carbonyl (C=O) groups is 4. The molecule has 2 aromatic rings. The van der Waals surface area contributed by atoms with E-state index in [1.165, 1.54) is 0 Å². The summed E-state index contributed by atoms with van der Waals surface area (Å²) in [7, 11) is 0. The Hall–Kier alpha value is -3.68. The van der Waals surface area contributed by atoms with Crippen LogP contribution in [0.15, 0.2) is 36.4 Å². The van der Waals surface area contributed by atoms with E-state index >= 15 is 0 Å². The molecule has 0 aliphatic rings. The highest BCUT2D eigenvalue weighted by Crippen LogP contribution is 2.11. The van der Waals surface area contributed by atoms with Crippen molar-refractivity contribution in [3.63, 3.8) is 0 Å². The Kier molecular flexibility index (Phi) is 8.95. The molecule has 0 saturated carbocycles. The van der Waals surface area contributed by atoms with Crippen LogP contribution in [0.4, 0.5) is 0 Å². The number of ether oxygens (including phenoxy) is 2. The van der Waals surface area contributed by atoms with Gasteiger partial charge in [0.2, 0.25) is 0 Å². The summed E-state index contributed by atoms with van der Waals surface area (Å²) in [5, 5.41) is 5.06. The lowest BCUT2D eigenvalue weighted by Crippen LogP contribution is -2.38. The second-order valence-electron chi connectivity index (χ2n) is 7.45. The number of hydrogen-bond donors (Lipinski definition) is 2. The maximum atomic E-state index is 12.0. The van der Waals surface area contributed by atoms with Gasteiger partial charge in [-0.25, -0.2) is 9.59 Å². The van der Waals surface area contributed by atoms with E-state index in [1.807, 2.05) is 39.8 Å². The monoisotopic (exact) mass is 440 g/mol. The van der Waals surface area contributed by atoms with E-state index in [0.29, 0.717) is 11.1 Å². The quantitative estimate of drug-likeness (QED) is 0.457. The van der Waals surface area contributed by atoms with E-state index in [4.69, 9.17) is 9.47 Å². The minimum atomic E-state index is -0.581. The van der Waals surface area contributed by atoms with Crippen molar-refractivity contribution in [2.24, 2.45) is 0 Å². The molecule has 8 nitrogen and oxygen atoms in total. The molecule has 0 aliphatic heterocycles. The molecule has 0 radical (unpaired) electrons. The number of amides is 2. The number of hydrogen-bond acceptors (Lipinski definition) is 6. The van der Waals surface area contributed by atoms with Crippen LogP contribution < -0.4 is 10.6 Å². The summed E-state index contributed by atoms with van der Waals surface area (Å²) in [4.78, 5) is 47.6. The molecule has 0 saturated heterocycles. The minimum absolute atomic E-state index is 0.136. The fourth-order valence-electron chi connectivity index (χ4n) is 2.67. The standard InChI is InChI=1S/C24H28N2O6/c1-15-5-7-19(11-17(15)3)23(29)31-13-21(27)25-9-10-26-22(28)14-32-24(30)20-8-6-16(2)18(4)12-20/h5-8,11-12H,9-10,13-14H2,1-4H3,(H,25,27)(H,26,28). The number of rotatable bonds is 9. The van der Waals surface area contributed by atoms with Gasteiger partial charge in [0.1, 0.15) is 0 Å². The van der Waals surface area contributed by atoms with Crippen LogP contribution in [0.3, 0.4) is 0 Å². The Morgan fingerprint density at radius 2 is 1.00 bits per heavy atom. The average Bonchev–Trinajstić information content (AvgIpc) is 2.77. The highest BCUT2D eigenvalue weighted by atomic mass is 16.5. The first-order chi connectivity index (χ1) is 15.2. The van der Waals surface area contributed by atoms with Gasteiger partial charge in [0.25, 0.3) is 11.8 Å². The second-order valence-corrected chi connectivity index (χ2v) is 7.45. The summed E-state index contributed by atoms with van der Waals surface area (Å²) in [6.45, 7) is 7.07. The van der Waals surface area contributed by atoms with E-state index in [0.717, 1.165) is 22.3 Å². The number of benzene rings is 2. The summed E-state index contributed by atoms with van der Waals surface area (Å²) in [6, 6.07) is 10.3. The maximum absolute atomic E-state index is 12.0. The SMILES string of the molecule is Cc1ccc(C(=O)OCC(=O)NCCNC(=O)COC(=O)c2ccc(C)c(C)c2)cc1C. The first kappa shape index (κ1) is 24.6. The van der Waals surface area contributed by atoms with Crippen LogP contribution in [0.5, 0.6) is 0 Å². The Bertz CT molecular complexity index is 934. The Balaban J connectivity index is 1.61. The summed E-state index contributed by atoms with van der Waals surface area (Å²) in [6.07, 6.45) is 0. The van der Waals surface area contributed by atoms with Crippen molar-refractivity contribution in [1.29, 1.82) is 0 Å². The lowest BCUT2D eigenvalue weighted by Gasteiger charge is -2.09. The van der Waals surface area contributed by atoms with Gasteiger partial charge in [0.15, 0.2) is 13.2 Å².